The van der Waals surface area contributed by atoms with Crippen LogP contribution in [0.5, 0.6) is 0 Å². The molecule has 0 spiro atoms. The van der Waals surface area contributed by atoms with Crippen molar-refractivity contribution in [1.29, 1.82) is 0 Å². The molecule has 0 fully saturated rings. The predicted molar refractivity (Wildman–Crippen MR) is 100 cm³/mol. The maximum atomic E-state index is 10.8. The summed E-state index contributed by atoms with van der Waals surface area (Å²) in [5, 5.41) is 8.85. The van der Waals surface area contributed by atoms with Gasteiger partial charge in [0.2, 0.25) is 0 Å². The maximum absolute atomic E-state index is 10.8. The molecule has 0 aromatic heterocycles. The number of carbonyl (C=O) groups is 1. The van der Waals surface area contributed by atoms with Crippen LogP contribution >= 0.6 is 0 Å². The highest BCUT2D eigenvalue weighted by atomic mass is 16.4. The zero-order valence-electron chi connectivity index (χ0n) is 15.1. The van der Waals surface area contributed by atoms with Crippen molar-refractivity contribution in [2.45, 2.75) is 52.5 Å². The first-order valence-electron chi connectivity index (χ1n) is 8.40. The van der Waals surface area contributed by atoms with Crippen LogP contribution in [0.2, 0.25) is 0 Å². The fourth-order valence-electron chi connectivity index (χ4n) is 2.40. The molecule has 0 heterocycles. The van der Waals surface area contributed by atoms with Crippen LogP contribution in [0.25, 0.3) is 0 Å². The number of rotatable bonds is 5. The number of carboxylic acid groups (broad SMARTS) is 1. The Labute approximate surface area is 145 Å². The second kappa shape index (κ2) is 9.89. The third kappa shape index (κ3) is 6.97. The first kappa shape index (κ1) is 19.9. The topological polar surface area (TPSA) is 63.3 Å². The van der Waals surface area contributed by atoms with E-state index in [1.54, 1.807) is 6.92 Å². The molecule has 0 radical (unpaired) electrons. The van der Waals surface area contributed by atoms with E-state index in [9.17, 15) is 4.79 Å². The Morgan fingerprint density at radius 3 is 2.25 bits per heavy atom. The van der Waals surface area contributed by atoms with Crippen LogP contribution in [0.3, 0.4) is 0 Å². The summed E-state index contributed by atoms with van der Waals surface area (Å²) < 4.78 is 0. The second-order valence-electron chi connectivity index (χ2n) is 6.42. The highest BCUT2D eigenvalue weighted by Gasteiger charge is 2.15. The Bertz CT molecular complexity index is 636. The third-order valence-corrected chi connectivity index (χ3v) is 4.00. The lowest BCUT2D eigenvalue weighted by atomic mass is 9.95. The molecule has 0 aliphatic carbocycles. The van der Waals surface area contributed by atoms with E-state index >= 15 is 0 Å². The molecule has 0 bridgehead atoms. The molecule has 3 N–H and O–H groups in total. The van der Waals surface area contributed by atoms with Gasteiger partial charge >= 0.3 is 5.97 Å². The summed E-state index contributed by atoms with van der Waals surface area (Å²) >= 11 is 0. The van der Waals surface area contributed by atoms with E-state index in [1.807, 2.05) is 45.0 Å². The van der Waals surface area contributed by atoms with Crippen LogP contribution in [0, 0.1) is 13.8 Å². The molecule has 130 valence electrons. The monoisotopic (exact) mass is 327 g/mol. The molecular formula is C21H29NO2. The van der Waals surface area contributed by atoms with Crippen molar-refractivity contribution in [2.24, 2.45) is 5.73 Å². The number of aliphatic carboxylic acids is 1. The smallest absolute Gasteiger partial charge is 0.310 e. The van der Waals surface area contributed by atoms with Crippen molar-refractivity contribution in [3.8, 4) is 0 Å². The van der Waals surface area contributed by atoms with Crippen molar-refractivity contribution in [3.63, 3.8) is 0 Å². The summed E-state index contributed by atoms with van der Waals surface area (Å²) in [6, 6.07) is 16.7. The second-order valence-corrected chi connectivity index (χ2v) is 6.42. The maximum Gasteiger partial charge on any atom is 0.310 e. The van der Waals surface area contributed by atoms with E-state index in [-0.39, 0.29) is 0 Å². The van der Waals surface area contributed by atoms with Gasteiger partial charge in [-0.2, -0.15) is 0 Å². The lowest BCUT2D eigenvalue weighted by Gasteiger charge is -2.10. The Kier molecular flexibility index (Phi) is 8.20. The average molecular weight is 327 g/mol. The molecule has 0 aliphatic heterocycles. The van der Waals surface area contributed by atoms with E-state index in [0.717, 1.165) is 29.5 Å². The predicted octanol–water partition coefficient (Wildman–Crippen LogP) is 4.46. The lowest BCUT2D eigenvalue weighted by molar-refractivity contribution is -0.138. The Balaban J connectivity index is 0.000000243. The third-order valence-electron chi connectivity index (χ3n) is 4.00. The minimum atomic E-state index is -0.770. The van der Waals surface area contributed by atoms with Gasteiger partial charge in [0.15, 0.2) is 0 Å². The van der Waals surface area contributed by atoms with E-state index in [0.29, 0.717) is 6.04 Å². The zero-order valence-corrected chi connectivity index (χ0v) is 15.1. The molecule has 2 unspecified atom stereocenters. The van der Waals surface area contributed by atoms with Crippen molar-refractivity contribution in [3.05, 3.63) is 70.8 Å². The van der Waals surface area contributed by atoms with Crippen LogP contribution in [-0.4, -0.2) is 17.1 Å². The summed E-state index contributed by atoms with van der Waals surface area (Å²) in [4.78, 5) is 10.8. The molecule has 3 heteroatoms. The van der Waals surface area contributed by atoms with E-state index in [1.165, 1.54) is 5.56 Å². The molecule has 0 saturated carbocycles. The van der Waals surface area contributed by atoms with Gasteiger partial charge in [-0.05, 0) is 57.2 Å². The number of benzene rings is 2. The van der Waals surface area contributed by atoms with Gasteiger partial charge in [-0.3, -0.25) is 4.79 Å². The zero-order chi connectivity index (χ0) is 18.1. The van der Waals surface area contributed by atoms with Gasteiger partial charge < -0.3 is 10.8 Å². The number of nitrogens with two attached hydrogens (primary N) is 1. The fraction of sp³-hybridized carbons (Fsp3) is 0.381. The van der Waals surface area contributed by atoms with Crippen molar-refractivity contribution in [2.75, 3.05) is 0 Å². The standard InChI is InChI=1S/C11H14O2.C10H15N/c1-7-4-5-8(2)10(6-7)9(3)11(12)13;1-9(11)7-8-10-5-3-2-4-6-10/h4-6,9H,1-3H3,(H,12,13);2-6,9H,7-8,11H2,1H3. The SMILES string of the molecule is CC(N)CCc1ccccc1.Cc1ccc(C)c(C(C)C(=O)O)c1. The van der Waals surface area contributed by atoms with Gasteiger partial charge in [0.25, 0.3) is 0 Å². The van der Waals surface area contributed by atoms with E-state index in [4.69, 9.17) is 10.8 Å². The van der Waals surface area contributed by atoms with Crippen LogP contribution in [0.1, 0.15) is 48.4 Å². The van der Waals surface area contributed by atoms with Gasteiger partial charge in [0.1, 0.15) is 0 Å². The van der Waals surface area contributed by atoms with Crippen molar-refractivity contribution in [1.82, 2.24) is 0 Å². The van der Waals surface area contributed by atoms with Crippen LogP contribution in [0.15, 0.2) is 48.5 Å². The van der Waals surface area contributed by atoms with Gasteiger partial charge in [0.05, 0.1) is 5.92 Å². The molecule has 0 amide bonds. The van der Waals surface area contributed by atoms with E-state index < -0.39 is 11.9 Å². The molecule has 2 atom stereocenters. The van der Waals surface area contributed by atoms with Crippen molar-refractivity contribution < 1.29 is 9.90 Å². The highest BCUT2D eigenvalue weighted by Crippen LogP contribution is 2.20. The average Bonchev–Trinajstić information content (AvgIpc) is 2.56. The van der Waals surface area contributed by atoms with Crippen molar-refractivity contribution >= 4 is 5.97 Å². The van der Waals surface area contributed by atoms with Gasteiger partial charge in [-0.1, -0.05) is 54.1 Å². The molecule has 2 rings (SSSR count). The Morgan fingerprint density at radius 2 is 1.71 bits per heavy atom. The van der Waals surface area contributed by atoms with Gasteiger partial charge in [-0.15, -0.1) is 0 Å². The number of hydrogen-bond acceptors (Lipinski definition) is 2. The first-order valence-corrected chi connectivity index (χ1v) is 8.40. The van der Waals surface area contributed by atoms with E-state index in [2.05, 4.69) is 24.3 Å². The number of carboxylic acids is 1. The molecular weight excluding hydrogens is 298 g/mol. The highest BCUT2D eigenvalue weighted by molar-refractivity contribution is 5.76. The minimum absolute atomic E-state index is 0.315. The Hall–Kier alpha value is -2.13. The summed E-state index contributed by atoms with van der Waals surface area (Å²) in [6.45, 7) is 7.67. The number of hydrogen-bond donors (Lipinski definition) is 2. The van der Waals surface area contributed by atoms with Crippen LogP contribution in [-0.2, 0) is 11.2 Å². The summed E-state index contributed by atoms with van der Waals surface area (Å²) in [5.74, 6) is -1.19. The molecule has 0 saturated heterocycles. The van der Waals surface area contributed by atoms with Crippen LogP contribution in [0.4, 0.5) is 0 Å². The molecule has 3 nitrogen and oxygen atoms in total. The molecule has 0 aliphatic rings. The van der Waals surface area contributed by atoms with Gasteiger partial charge in [-0.25, -0.2) is 0 Å². The summed E-state index contributed by atoms with van der Waals surface area (Å²) in [5.41, 5.74) is 10.1. The summed E-state index contributed by atoms with van der Waals surface area (Å²) in [7, 11) is 0. The normalized spacial score (nSPS) is 12.7. The molecule has 2 aromatic rings. The van der Waals surface area contributed by atoms with Gasteiger partial charge in [0, 0.05) is 6.04 Å². The van der Waals surface area contributed by atoms with Crippen LogP contribution < -0.4 is 5.73 Å². The quantitative estimate of drug-likeness (QED) is 0.852. The largest absolute Gasteiger partial charge is 0.481 e. The minimum Gasteiger partial charge on any atom is -0.481 e. The lowest BCUT2D eigenvalue weighted by Crippen LogP contribution is -2.15. The number of aryl methyl sites for hydroxylation is 3. The summed E-state index contributed by atoms with van der Waals surface area (Å²) in [6.07, 6.45) is 2.17. The Morgan fingerprint density at radius 1 is 1.08 bits per heavy atom. The molecule has 24 heavy (non-hydrogen) atoms. The fourth-order valence-corrected chi connectivity index (χ4v) is 2.40. The first-order chi connectivity index (χ1) is 11.3. The molecule has 2 aromatic carbocycles.